The normalized spacial score (nSPS) is 23.1. The minimum absolute atomic E-state index is 0.338. The number of thioether (sulfide) groups is 1. The van der Waals surface area contributed by atoms with Crippen LogP contribution in [0.3, 0.4) is 0 Å². The van der Waals surface area contributed by atoms with E-state index in [-0.39, 0.29) is 0 Å². The summed E-state index contributed by atoms with van der Waals surface area (Å²) in [4.78, 5) is 0. The molecule has 0 aromatic rings. The molecule has 1 heterocycles. The summed E-state index contributed by atoms with van der Waals surface area (Å²) >= 11 is 2.00. The fourth-order valence-corrected chi connectivity index (χ4v) is 2.64. The van der Waals surface area contributed by atoms with Crippen molar-refractivity contribution in [2.45, 2.75) is 51.3 Å². The summed E-state index contributed by atoms with van der Waals surface area (Å²) in [5.41, 5.74) is 0.338. The van der Waals surface area contributed by atoms with Crippen molar-refractivity contribution in [2.75, 3.05) is 26.0 Å². The van der Waals surface area contributed by atoms with Crippen molar-refractivity contribution in [3.05, 3.63) is 0 Å². The van der Waals surface area contributed by atoms with Crippen LogP contribution >= 0.6 is 11.8 Å². The number of nitrogens with one attached hydrogen (secondary N) is 1. The van der Waals surface area contributed by atoms with Crippen molar-refractivity contribution in [2.24, 2.45) is 5.41 Å². The van der Waals surface area contributed by atoms with Crippen LogP contribution in [-0.4, -0.2) is 36.8 Å². The molecule has 0 amide bonds. The average molecular weight is 245 g/mol. The molecule has 1 unspecified atom stereocenters. The minimum atomic E-state index is 0.338. The van der Waals surface area contributed by atoms with Crippen molar-refractivity contribution in [1.82, 2.24) is 5.32 Å². The van der Waals surface area contributed by atoms with E-state index in [2.05, 4.69) is 39.3 Å². The Kier molecular flexibility index (Phi) is 5.14. The lowest BCUT2D eigenvalue weighted by atomic mass is 9.87. The van der Waals surface area contributed by atoms with Crippen molar-refractivity contribution in [1.29, 1.82) is 0 Å². The highest BCUT2D eigenvalue weighted by atomic mass is 32.2. The molecular formula is C13H27NOS. The third kappa shape index (κ3) is 3.94. The molecule has 0 saturated carbocycles. The Morgan fingerprint density at radius 1 is 1.31 bits per heavy atom. The van der Waals surface area contributed by atoms with Crippen LogP contribution in [0, 0.1) is 5.41 Å². The Hall–Kier alpha value is 0.270. The van der Waals surface area contributed by atoms with Gasteiger partial charge in [-0.2, -0.15) is 11.8 Å². The van der Waals surface area contributed by atoms with E-state index in [0.29, 0.717) is 16.2 Å². The molecule has 1 atom stereocenters. The zero-order valence-corrected chi connectivity index (χ0v) is 12.2. The van der Waals surface area contributed by atoms with Gasteiger partial charge in [0.25, 0.3) is 0 Å². The van der Waals surface area contributed by atoms with Crippen LogP contribution in [0.25, 0.3) is 0 Å². The molecule has 1 aliphatic heterocycles. The van der Waals surface area contributed by atoms with E-state index in [9.17, 15) is 0 Å². The van der Waals surface area contributed by atoms with E-state index in [1.807, 2.05) is 11.8 Å². The molecular weight excluding hydrogens is 218 g/mol. The van der Waals surface area contributed by atoms with E-state index in [1.165, 1.54) is 12.8 Å². The van der Waals surface area contributed by atoms with E-state index in [1.54, 1.807) is 0 Å². The van der Waals surface area contributed by atoms with E-state index >= 15 is 0 Å². The summed E-state index contributed by atoms with van der Waals surface area (Å²) in [7, 11) is 0. The van der Waals surface area contributed by atoms with Gasteiger partial charge >= 0.3 is 0 Å². The molecule has 96 valence electrons. The van der Waals surface area contributed by atoms with Gasteiger partial charge in [-0.25, -0.2) is 0 Å². The molecule has 2 nitrogen and oxygen atoms in total. The van der Waals surface area contributed by atoms with E-state index in [4.69, 9.17) is 4.74 Å². The predicted molar refractivity (Wildman–Crippen MR) is 73.2 cm³/mol. The Labute approximate surface area is 105 Å². The summed E-state index contributed by atoms with van der Waals surface area (Å²) < 4.78 is 5.86. The second-order valence-corrected chi connectivity index (χ2v) is 7.24. The summed E-state index contributed by atoms with van der Waals surface area (Å²) in [6.07, 6.45) is 4.59. The van der Waals surface area contributed by atoms with E-state index < -0.39 is 0 Å². The maximum absolute atomic E-state index is 5.46. The first-order valence-electron chi connectivity index (χ1n) is 6.26. The highest BCUT2D eigenvalue weighted by molar-refractivity contribution is 8.00. The van der Waals surface area contributed by atoms with Gasteiger partial charge < -0.3 is 10.1 Å². The molecule has 0 aliphatic carbocycles. The second-order valence-electron chi connectivity index (χ2n) is 5.97. The minimum Gasteiger partial charge on any atom is -0.381 e. The smallest absolute Gasteiger partial charge is 0.0479 e. The van der Waals surface area contributed by atoms with Crippen molar-refractivity contribution < 1.29 is 4.74 Å². The molecule has 1 rings (SSSR count). The Morgan fingerprint density at radius 3 is 2.31 bits per heavy atom. The Morgan fingerprint density at radius 2 is 1.88 bits per heavy atom. The molecule has 0 radical (unpaired) electrons. The summed E-state index contributed by atoms with van der Waals surface area (Å²) in [5.74, 6) is 0. The molecule has 1 fully saturated rings. The van der Waals surface area contributed by atoms with Crippen LogP contribution < -0.4 is 5.32 Å². The lowest BCUT2D eigenvalue weighted by Crippen LogP contribution is -2.48. The highest BCUT2D eigenvalue weighted by Crippen LogP contribution is 2.33. The summed E-state index contributed by atoms with van der Waals surface area (Å²) in [6, 6.07) is 0.555. The van der Waals surface area contributed by atoms with Crippen LogP contribution in [0.1, 0.15) is 40.5 Å². The Balaban J connectivity index is 2.45. The van der Waals surface area contributed by atoms with Gasteiger partial charge in [-0.05, 0) is 31.4 Å². The largest absolute Gasteiger partial charge is 0.381 e. The van der Waals surface area contributed by atoms with Crippen LogP contribution in [0.4, 0.5) is 0 Å². The maximum Gasteiger partial charge on any atom is 0.0479 e. The molecule has 0 aromatic carbocycles. The van der Waals surface area contributed by atoms with Gasteiger partial charge in [0.15, 0.2) is 0 Å². The first-order chi connectivity index (χ1) is 7.40. The van der Waals surface area contributed by atoms with Gasteiger partial charge in [0.2, 0.25) is 0 Å². The monoisotopic (exact) mass is 245 g/mol. The number of ether oxygens (including phenoxy) is 1. The number of rotatable bonds is 4. The quantitative estimate of drug-likeness (QED) is 0.823. The highest BCUT2D eigenvalue weighted by Gasteiger charge is 2.32. The second kappa shape index (κ2) is 5.74. The molecule has 0 bridgehead atoms. The van der Waals surface area contributed by atoms with Crippen LogP contribution in [0.5, 0.6) is 0 Å². The van der Waals surface area contributed by atoms with Gasteiger partial charge in [-0.1, -0.05) is 20.8 Å². The number of hydrogen-bond donors (Lipinski definition) is 1. The Bertz CT molecular complexity index is 206. The van der Waals surface area contributed by atoms with Gasteiger partial charge in [0, 0.05) is 30.5 Å². The van der Waals surface area contributed by atoms with Crippen LogP contribution in [0.15, 0.2) is 0 Å². The third-order valence-electron chi connectivity index (χ3n) is 3.87. The molecule has 0 spiro atoms. The topological polar surface area (TPSA) is 21.3 Å². The number of hydrogen-bond acceptors (Lipinski definition) is 3. The molecule has 1 N–H and O–H groups in total. The molecule has 1 aliphatic rings. The van der Waals surface area contributed by atoms with Gasteiger partial charge in [-0.3, -0.25) is 0 Å². The first kappa shape index (κ1) is 14.3. The van der Waals surface area contributed by atoms with Gasteiger partial charge in [0.05, 0.1) is 0 Å². The standard InChI is InChI=1S/C13H27NOS/c1-11(12(2,3)4)14-10-13(16-5)6-8-15-9-7-13/h11,14H,6-10H2,1-5H3. The fraction of sp³-hybridized carbons (Fsp3) is 1.00. The molecule has 16 heavy (non-hydrogen) atoms. The predicted octanol–water partition coefficient (Wildman–Crippen LogP) is 2.92. The van der Waals surface area contributed by atoms with Gasteiger partial charge in [0.1, 0.15) is 0 Å². The summed E-state index contributed by atoms with van der Waals surface area (Å²) in [5, 5.41) is 3.71. The SMILES string of the molecule is CSC1(CNC(C)C(C)(C)C)CCOCC1. The van der Waals surface area contributed by atoms with Crippen molar-refractivity contribution in [3.63, 3.8) is 0 Å². The zero-order chi connectivity index (χ0) is 12.2. The lowest BCUT2D eigenvalue weighted by Gasteiger charge is -2.38. The maximum atomic E-state index is 5.46. The lowest BCUT2D eigenvalue weighted by molar-refractivity contribution is 0.0753. The third-order valence-corrected chi connectivity index (χ3v) is 5.29. The van der Waals surface area contributed by atoms with E-state index in [0.717, 1.165) is 19.8 Å². The molecule has 1 saturated heterocycles. The molecule has 3 heteroatoms. The van der Waals surface area contributed by atoms with Gasteiger partial charge in [-0.15, -0.1) is 0 Å². The zero-order valence-electron chi connectivity index (χ0n) is 11.4. The summed E-state index contributed by atoms with van der Waals surface area (Å²) in [6.45, 7) is 12.1. The molecule has 0 aromatic heterocycles. The van der Waals surface area contributed by atoms with Crippen molar-refractivity contribution >= 4 is 11.8 Å². The van der Waals surface area contributed by atoms with Crippen molar-refractivity contribution in [3.8, 4) is 0 Å². The van der Waals surface area contributed by atoms with Crippen LogP contribution in [0.2, 0.25) is 0 Å². The first-order valence-corrected chi connectivity index (χ1v) is 7.48. The average Bonchev–Trinajstić information content (AvgIpc) is 2.26. The van der Waals surface area contributed by atoms with Crippen LogP contribution in [-0.2, 0) is 4.74 Å². The fourth-order valence-electron chi connectivity index (χ4n) is 1.84.